The number of H-pyrrole nitrogens is 1. The molecule has 1 aromatic carbocycles. The second-order valence-electron chi connectivity index (χ2n) is 8.88. The van der Waals surface area contributed by atoms with Gasteiger partial charge in [-0.2, -0.15) is 0 Å². The third-order valence-corrected chi connectivity index (χ3v) is 5.35. The minimum absolute atomic E-state index is 0.0386. The van der Waals surface area contributed by atoms with Gasteiger partial charge in [0.1, 0.15) is 0 Å². The highest BCUT2D eigenvalue weighted by Gasteiger charge is 2.25. The summed E-state index contributed by atoms with van der Waals surface area (Å²) in [6, 6.07) is 3.79. The summed E-state index contributed by atoms with van der Waals surface area (Å²) in [5, 5.41) is 4.08. The molecule has 0 bridgehead atoms. The molecule has 1 saturated heterocycles. The molecule has 0 spiro atoms. The summed E-state index contributed by atoms with van der Waals surface area (Å²) in [5.74, 6) is 5.03. The zero-order chi connectivity index (χ0) is 21.3. The van der Waals surface area contributed by atoms with Crippen molar-refractivity contribution in [1.82, 2.24) is 10.3 Å². The quantitative estimate of drug-likeness (QED) is 0.699. The van der Waals surface area contributed by atoms with Crippen molar-refractivity contribution in [3.63, 3.8) is 0 Å². The highest BCUT2D eigenvalue weighted by atomic mass is 16.1. The van der Waals surface area contributed by atoms with Gasteiger partial charge in [0, 0.05) is 41.3 Å². The monoisotopic (exact) mass is 394 g/mol. The van der Waals surface area contributed by atoms with Gasteiger partial charge in [0.05, 0.1) is 11.1 Å². The molecule has 1 fully saturated rings. The van der Waals surface area contributed by atoms with Crippen molar-refractivity contribution in [3.05, 3.63) is 29.0 Å². The van der Waals surface area contributed by atoms with Gasteiger partial charge in [-0.1, -0.05) is 5.92 Å². The minimum Gasteiger partial charge on any atom is -0.369 e. The molecule has 0 unspecified atom stereocenters. The Kier molecular flexibility index (Phi) is 5.61. The highest BCUT2D eigenvalue weighted by molar-refractivity contribution is 6.10. The van der Waals surface area contributed by atoms with Gasteiger partial charge in [0.15, 0.2) is 0 Å². The van der Waals surface area contributed by atoms with Crippen LogP contribution in [0.25, 0.3) is 10.9 Å². The summed E-state index contributed by atoms with van der Waals surface area (Å²) >= 11 is 0. The average molecular weight is 395 g/mol. The van der Waals surface area contributed by atoms with E-state index in [2.05, 4.69) is 27.0 Å². The van der Waals surface area contributed by atoms with E-state index in [0.717, 1.165) is 47.2 Å². The van der Waals surface area contributed by atoms with Gasteiger partial charge in [0.25, 0.3) is 11.8 Å². The molecule has 2 aromatic rings. The summed E-state index contributed by atoms with van der Waals surface area (Å²) in [4.78, 5) is 29.7. The number of fused-ring (bicyclic) bond motifs is 1. The zero-order valence-electron chi connectivity index (χ0n) is 17.9. The Labute approximate surface area is 172 Å². The topological polar surface area (TPSA) is 91.2 Å². The molecule has 1 aromatic heterocycles. The second kappa shape index (κ2) is 7.82. The maximum absolute atomic E-state index is 12.2. The van der Waals surface area contributed by atoms with Crippen molar-refractivity contribution in [1.29, 1.82) is 0 Å². The molecule has 6 heteroatoms. The molecule has 1 atom stereocenters. The third kappa shape index (κ3) is 4.56. The third-order valence-electron chi connectivity index (χ3n) is 5.35. The highest BCUT2D eigenvalue weighted by Crippen LogP contribution is 2.35. The number of piperidine rings is 1. The van der Waals surface area contributed by atoms with Crippen LogP contribution in [0, 0.1) is 31.1 Å². The molecule has 3 rings (SSSR count). The molecule has 4 N–H and O–H groups in total. The van der Waals surface area contributed by atoms with E-state index in [1.807, 2.05) is 40.7 Å². The summed E-state index contributed by atoms with van der Waals surface area (Å²) in [5.41, 5.74) is 9.85. The maximum atomic E-state index is 12.2. The van der Waals surface area contributed by atoms with Crippen molar-refractivity contribution in [2.24, 2.45) is 11.1 Å². The van der Waals surface area contributed by atoms with Gasteiger partial charge in [-0.05, 0) is 71.1 Å². The Hall–Kier alpha value is -2.94. The molecule has 2 amide bonds. The molecule has 0 radical (unpaired) electrons. The Bertz CT molecular complexity index is 1020. The Morgan fingerprint density at radius 2 is 2.00 bits per heavy atom. The lowest BCUT2D eigenvalue weighted by atomic mass is 9.98. The van der Waals surface area contributed by atoms with Crippen molar-refractivity contribution in [2.45, 2.75) is 53.5 Å². The smallest absolute Gasteiger partial charge is 0.296 e. The summed E-state index contributed by atoms with van der Waals surface area (Å²) in [6.45, 7) is 11.6. The Morgan fingerprint density at radius 3 is 2.66 bits per heavy atom. The minimum atomic E-state index is -0.441. The number of nitrogens with two attached hydrogens (primary N) is 1. The number of carbonyl (C=O) groups excluding carboxylic acids is 2. The van der Waals surface area contributed by atoms with Crippen LogP contribution < -0.4 is 16.0 Å². The number of aromatic nitrogens is 1. The molecule has 0 aliphatic carbocycles. The SMILES string of the molecule is Cc1[nH]c2c(C(N)=O)ccc(N3CCC[C@H](NC(=O)C#CC(C)(C)C)C3)c2c1C. The van der Waals surface area contributed by atoms with Crippen LogP contribution in [0.2, 0.25) is 0 Å². The van der Waals surface area contributed by atoms with E-state index >= 15 is 0 Å². The van der Waals surface area contributed by atoms with Crippen LogP contribution in [0.4, 0.5) is 5.69 Å². The van der Waals surface area contributed by atoms with E-state index in [9.17, 15) is 9.59 Å². The zero-order valence-corrected chi connectivity index (χ0v) is 17.9. The largest absolute Gasteiger partial charge is 0.369 e. The van der Waals surface area contributed by atoms with E-state index in [0.29, 0.717) is 12.1 Å². The van der Waals surface area contributed by atoms with E-state index < -0.39 is 5.91 Å². The number of nitrogens with zero attached hydrogens (tertiary/aromatic N) is 1. The maximum Gasteiger partial charge on any atom is 0.296 e. The number of anilines is 1. The lowest BCUT2D eigenvalue weighted by Gasteiger charge is -2.35. The summed E-state index contributed by atoms with van der Waals surface area (Å²) < 4.78 is 0. The van der Waals surface area contributed by atoms with Crippen LogP contribution in [0.1, 0.15) is 55.2 Å². The van der Waals surface area contributed by atoms with Crippen molar-refractivity contribution < 1.29 is 9.59 Å². The number of benzene rings is 1. The predicted molar refractivity (Wildman–Crippen MR) is 117 cm³/mol. The molecule has 154 valence electrons. The van der Waals surface area contributed by atoms with Gasteiger partial charge in [0.2, 0.25) is 0 Å². The lowest BCUT2D eigenvalue weighted by molar-refractivity contribution is -0.116. The van der Waals surface area contributed by atoms with Gasteiger partial charge in [-0.15, -0.1) is 0 Å². The van der Waals surface area contributed by atoms with E-state index in [1.165, 1.54) is 0 Å². The van der Waals surface area contributed by atoms with E-state index in [4.69, 9.17) is 5.73 Å². The van der Waals surface area contributed by atoms with Gasteiger partial charge in [-0.25, -0.2) is 0 Å². The fourth-order valence-electron chi connectivity index (χ4n) is 3.82. The first-order valence-electron chi connectivity index (χ1n) is 10.1. The van der Waals surface area contributed by atoms with Crippen LogP contribution in [0.5, 0.6) is 0 Å². The number of aromatic amines is 1. The summed E-state index contributed by atoms with van der Waals surface area (Å²) in [6.07, 6.45) is 1.90. The van der Waals surface area contributed by atoms with Crippen molar-refractivity contribution >= 4 is 28.4 Å². The first-order valence-corrected chi connectivity index (χ1v) is 10.1. The van der Waals surface area contributed by atoms with Gasteiger partial charge < -0.3 is 20.9 Å². The number of nitrogens with one attached hydrogen (secondary N) is 2. The van der Waals surface area contributed by atoms with Crippen molar-refractivity contribution in [3.8, 4) is 11.8 Å². The molecular formula is C23H30N4O2. The molecule has 1 aliphatic rings. The van der Waals surface area contributed by atoms with Crippen LogP contribution in [0.15, 0.2) is 12.1 Å². The van der Waals surface area contributed by atoms with Crippen LogP contribution in [-0.2, 0) is 4.79 Å². The van der Waals surface area contributed by atoms with E-state index in [-0.39, 0.29) is 17.4 Å². The van der Waals surface area contributed by atoms with Gasteiger partial charge in [-0.3, -0.25) is 9.59 Å². The predicted octanol–water partition coefficient (Wildman–Crippen LogP) is 3.02. The number of hydrogen-bond acceptors (Lipinski definition) is 3. The standard InChI is InChI=1S/C23H30N4O2/c1-14-15(2)25-21-17(22(24)29)8-9-18(20(14)21)27-12-6-7-16(13-27)26-19(28)10-11-23(3,4)5/h8-9,16,25H,6-7,12-13H2,1-5H3,(H2,24,29)(H,26,28)/t16-/m0/s1. The van der Waals surface area contributed by atoms with Gasteiger partial charge >= 0.3 is 0 Å². The number of amides is 2. The Balaban J connectivity index is 1.87. The number of carbonyl (C=O) groups is 2. The Morgan fingerprint density at radius 1 is 1.28 bits per heavy atom. The van der Waals surface area contributed by atoms with Crippen LogP contribution in [0.3, 0.4) is 0 Å². The molecule has 6 nitrogen and oxygen atoms in total. The fraction of sp³-hybridized carbons (Fsp3) is 0.478. The number of aryl methyl sites for hydroxylation is 2. The normalized spacial score (nSPS) is 17.0. The molecule has 29 heavy (non-hydrogen) atoms. The first-order chi connectivity index (χ1) is 13.6. The van der Waals surface area contributed by atoms with Crippen LogP contribution in [-0.4, -0.2) is 35.9 Å². The lowest BCUT2D eigenvalue weighted by Crippen LogP contribution is -2.47. The molecule has 1 aliphatic heterocycles. The molecule has 0 saturated carbocycles. The van der Waals surface area contributed by atoms with Crippen LogP contribution >= 0.6 is 0 Å². The first kappa shape index (κ1) is 20.8. The number of hydrogen-bond donors (Lipinski definition) is 3. The molecular weight excluding hydrogens is 364 g/mol. The number of primary amides is 1. The van der Waals surface area contributed by atoms with Crippen molar-refractivity contribution in [2.75, 3.05) is 18.0 Å². The average Bonchev–Trinajstić information content (AvgIpc) is 2.94. The van der Waals surface area contributed by atoms with E-state index in [1.54, 1.807) is 6.07 Å². The summed E-state index contributed by atoms with van der Waals surface area (Å²) in [7, 11) is 0. The number of rotatable bonds is 3. The molecule has 2 heterocycles. The second-order valence-corrected chi connectivity index (χ2v) is 8.88. The fourth-order valence-corrected chi connectivity index (χ4v) is 3.82.